The van der Waals surface area contributed by atoms with Crippen LogP contribution >= 0.6 is 0 Å². The van der Waals surface area contributed by atoms with E-state index in [1.165, 1.54) is 0 Å². The van der Waals surface area contributed by atoms with Gasteiger partial charge in [-0.25, -0.2) is 4.79 Å². The molecule has 0 saturated heterocycles. The Morgan fingerprint density at radius 2 is 1.64 bits per heavy atom. The molecule has 0 heterocycles. The molecule has 5 heteroatoms. The van der Waals surface area contributed by atoms with Crippen molar-refractivity contribution in [2.45, 2.75) is 83.3 Å². The summed E-state index contributed by atoms with van der Waals surface area (Å²) < 4.78 is 0. The SMILES string of the molecule is CCCCCC(O)C(O)C=CCCC=CCC=CCCCC(=O)OO. The van der Waals surface area contributed by atoms with Gasteiger partial charge in [0.05, 0.1) is 12.2 Å². The van der Waals surface area contributed by atoms with Crippen molar-refractivity contribution in [3.05, 3.63) is 36.5 Å². The minimum atomic E-state index is -0.771. The number of hydrogen-bond donors (Lipinski definition) is 3. The monoisotopic (exact) mass is 354 g/mol. The Hall–Kier alpha value is -1.43. The number of unbranched alkanes of at least 4 members (excludes halogenated alkanes) is 4. The van der Waals surface area contributed by atoms with Gasteiger partial charge in [-0.1, -0.05) is 62.6 Å². The summed E-state index contributed by atoms with van der Waals surface area (Å²) in [5.74, 6) is -0.597. The second-order valence-electron chi connectivity index (χ2n) is 6.09. The van der Waals surface area contributed by atoms with E-state index in [1.807, 2.05) is 18.2 Å². The van der Waals surface area contributed by atoms with E-state index in [4.69, 9.17) is 5.26 Å². The number of carbonyl (C=O) groups is 1. The molecule has 0 aromatic carbocycles. The van der Waals surface area contributed by atoms with Gasteiger partial charge in [-0.3, -0.25) is 0 Å². The Balaban J connectivity index is 3.62. The predicted octanol–water partition coefficient (Wildman–Crippen LogP) is 4.31. The van der Waals surface area contributed by atoms with E-state index in [0.717, 1.165) is 44.9 Å². The molecule has 0 amide bonds. The second-order valence-corrected chi connectivity index (χ2v) is 6.09. The maximum absolute atomic E-state index is 10.7. The van der Waals surface area contributed by atoms with Gasteiger partial charge in [-0.2, -0.15) is 5.26 Å². The van der Waals surface area contributed by atoms with Crippen molar-refractivity contribution in [2.75, 3.05) is 0 Å². The molecule has 0 aliphatic carbocycles. The predicted molar refractivity (Wildman–Crippen MR) is 100.0 cm³/mol. The van der Waals surface area contributed by atoms with Crippen molar-refractivity contribution in [3.8, 4) is 0 Å². The van der Waals surface area contributed by atoms with E-state index in [2.05, 4.69) is 24.0 Å². The molecular formula is C20H34O5. The van der Waals surface area contributed by atoms with Gasteiger partial charge in [0.15, 0.2) is 0 Å². The molecule has 0 aromatic heterocycles. The lowest BCUT2D eigenvalue weighted by Crippen LogP contribution is -2.23. The van der Waals surface area contributed by atoms with Gasteiger partial charge in [0, 0.05) is 6.42 Å². The molecule has 2 unspecified atom stereocenters. The van der Waals surface area contributed by atoms with E-state index >= 15 is 0 Å². The summed E-state index contributed by atoms with van der Waals surface area (Å²) in [6.07, 6.45) is 18.4. The van der Waals surface area contributed by atoms with Crippen molar-refractivity contribution >= 4 is 5.97 Å². The maximum atomic E-state index is 10.7. The zero-order valence-corrected chi connectivity index (χ0v) is 15.3. The Morgan fingerprint density at radius 1 is 0.960 bits per heavy atom. The van der Waals surface area contributed by atoms with Crippen molar-refractivity contribution in [1.82, 2.24) is 0 Å². The first-order valence-corrected chi connectivity index (χ1v) is 9.28. The van der Waals surface area contributed by atoms with Gasteiger partial charge in [-0.05, 0) is 38.5 Å². The van der Waals surface area contributed by atoms with Crippen LogP contribution in [0.4, 0.5) is 0 Å². The zero-order chi connectivity index (χ0) is 18.8. The van der Waals surface area contributed by atoms with Gasteiger partial charge in [0.25, 0.3) is 0 Å². The average Bonchev–Trinajstić information content (AvgIpc) is 2.62. The van der Waals surface area contributed by atoms with Crippen LogP contribution < -0.4 is 0 Å². The maximum Gasteiger partial charge on any atom is 0.342 e. The average molecular weight is 354 g/mol. The van der Waals surface area contributed by atoms with E-state index in [1.54, 1.807) is 6.08 Å². The molecule has 0 aliphatic rings. The summed E-state index contributed by atoms with van der Waals surface area (Å²) in [4.78, 5) is 14.3. The van der Waals surface area contributed by atoms with Crippen molar-refractivity contribution in [2.24, 2.45) is 0 Å². The molecular weight excluding hydrogens is 320 g/mol. The molecule has 2 atom stereocenters. The van der Waals surface area contributed by atoms with E-state index < -0.39 is 18.2 Å². The topological polar surface area (TPSA) is 87.0 Å². The lowest BCUT2D eigenvalue weighted by molar-refractivity contribution is -0.234. The van der Waals surface area contributed by atoms with Crippen LogP contribution in [0.1, 0.15) is 71.1 Å². The first-order valence-electron chi connectivity index (χ1n) is 9.28. The van der Waals surface area contributed by atoms with E-state index in [-0.39, 0.29) is 6.42 Å². The standard InChI is InChI=1S/C20H34O5/c1-2-3-12-15-18(21)19(22)16-13-10-8-6-4-5-7-9-11-14-17-20(23)25-24/h4,6-7,9,13,16,18-19,21-22,24H,2-3,5,8,10-12,14-15,17H2,1H3. The van der Waals surface area contributed by atoms with Gasteiger partial charge >= 0.3 is 5.97 Å². The van der Waals surface area contributed by atoms with Crippen LogP contribution in [0, 0.1) is 0 Å². The summed E-state index contributed by atoms with van der Waals surface area (Å²) in [7, 11) is 0. The van der Waals surface area contributed by atoms with Crippen LogP contribution in [0.25, 0.3) is 0 Å². The highest BCUT2D eigenvalue weighted by Gasteiger charge is 2.11. The fourth-order valence-electron chi connectivity index (χ4n) is 2.25. The quantitative estimate of drug-likeness (QED) is 0.176. The lowest BCUT2D eigenvalue weighted by Gasteiger charge is -2.13. The third-order valence-corrected chi connectivity index (χ3v) is 3.79. The number of allylic oxidation sites excluding steroid dienone is 5. The highest BCUT2D eigenvalue weighted by atomic mass is 17.1. The number of rotatable bonds is 15. The smallest absolute Gasteiger partial charge is 0.342 e. The van der Waals surface area contributed by atoms with Gasteiger partial charge in [0.2, 0.25) is 0 Å². The fourth-order valence-corrected chi connectivity index (χ4v) is 2.25. The van der Waals surface area contributed by atoms with Crippen LogP contribution in [0.2, 0.25) is 0 Å². The van der Waals surface area contributed by atoms with Gasteiger partial charge in [-0.15, -0.1) is 0 Å². The largest absolute Gasteiger partial charge is 0.390 e. The van der Waals surface area contributed by atoms with E-state index in [0.29, 0.717) is 12.8 Å². The molecule has 0 fully saturated rings. The highest BCUT2D eigenvalue weighted by Crippen LogP contribution is 2.08. The lowest BCUT2D eigenvalue weighted by atomic mass is 10.1. The Kier molecular flexibility index (Phi) is 16.4. The molecule has 0 spiro atoms. The zero-order valence-electron chi connectivity index (χ0n) is 15.3. The minimum Gasteiger partial charge on any atom is -0.390 e. The van der Waals surface area contributed by atoms with Crippen molar-refractivity contribution < 1.29 is 25.2 Å². The molecule has 0 aromatic rings. The molecule has 3 N–H and O–H groups in total. The summed E-state index contributed by atoms with van der Waals surface area (Å²) in [5, 5.41) is 27.7. The third kappa shape index (κ3) is 15.8. The number of carbonyl (C=O) groups excluding carboxylic acids is 1. The molecule has 0 bridgehead atoms. The first kappa shape index (κ1) is 23.6. The van der Waals surface area contributed by atoms with Crippen LogP contribution in [0.3, 0.4) is 0 Å². The summed E-state index contributed by atoms with van der Waals surface area (Å²) in [5.41, 5.74) is 0. The van der Waals surface area contributed by atoms with E-state index in [9.17, 15) is 15.0 Å². The van der Waals surface area contributed by atoms with Crippen LogP contribution in [0.15, 0.2) is 36.5 Å². The molecule has 144 valence electrons. The normalized spacial score (nSPS) is 14.6. The van der Waals surface area contributed by atoms with Crippen molar-refractivity contribution in [3.63, 3.8) is 0 Å². The number of aliphatic hydroxyl groups is 2. The van der Waals surface area contributed by atoms with Crippen LogP contribution in [0.5, 0.6) is 0 Å². The van der Waals surface area contributed by atoms with Crippen LogP contribution in [-0.2, 0) is 9.68 Å². The highest BCUT2D eigenvalue weighted by molar-refractivity contribution is 5.68. The second kappa shape index (κ2) is 17.4. The summed E-state index contributed by atoms with van der Waals surface area (Å²) in [6, 6.07) is 0. The summed E-state index contributed by atoms with van der Waals surface area (Å²) in [6.45, 7) is 2.11. The Morgan fingerprint density at radius 3 is 2.32 bits per heavy atom. The Bertz CT molecular complexity index is 401. The first-order chi connectivity index (χ1) is 12.1. The molecule has 0 saturated carbocycles. The number of hydrogen-bond acceptors (Lipinski definition) is 5. The molecule has 0 rings (SSSR count). The third-order valence-electron chi connectivity index (χ3n) is 3.79. The molecule has 5 nitrogen and oxygen atoms in total. The minimum absolute atomic E-state index is 0.224. The molecule has 0 radical (unpaired) electrons. The summed E-state index contributed by atoms with van der Waals surface area (Å²) >= 11 is 0. The molecule has 25 heavy (non-hydrogen) atoms. The fraction of sp³-hybridized carbons (Fsp3) is 0.650. The van der Waals surface area contributed by atoms with Crippen molar-refractivity contribution in [1.29, 1.82) is 0 Å². The Labute approximate surface area is 151 Å². The van der Waals surface area contributed by atoms with Gasteiger partial charge in [0.1, 0.15) is 0 Å². The van der Waals surface area contributed by atoms with Gasteiger partial charge < -0.3 is 15.1 Å². The molecule has 0 aliphatic heterocycles. The van der Waals surface area contributed by atoms with Crippen LogP contribution in [-0.4, -0.2) is 33.6 Å². The number of aliphatic hydroxyl groups excluding tert-OH is 2.